The Morgan fingerprint density at radius 3 is 2.32 bits per heavy atom. The van der Waals surface area contributed by atoms with E-state index in [9.17, 15) is 19.8 Å². The highest BCUT2D eigenvalue weighted by Gasteiger charge is 2.62. The van der Waals surface area contributed by atoms with Crippen molar-refractivity contribution in [2.24, 2.45) is 22.7 Å². The summed E-state index contributed by atoms with van der Waals surface area (Å²) in [5, 5.41) is 21.9. The highest BCUT2D eigenvalue weighted by molar-refractivity contribution is 5.71. The van der Waals surface area contributed by atoms with Crippen molar-refractivity contribution in [1.29, 1.82) is 0 Å². The van der Waals surface area contributed by atoms with E-state index >= 15 is 0 Å². The fraction of sp³-hybridized carbons (Fsp3) is 0.680. The van der Waals surface area contributed by atoms with Crippen molar-refractivity contribution in [3.63, 3.8) is 0 Å². The van der Waals surface area contributed by atoms with E-state index < -0.39 is 29.1 Å². The minimum absolute atomic E-state index is 0.171. The summed E-state index contributed by atoms with van der Waals surface area (Å²) in [6, 6.07) is 5.08. The molecule has 6 nitrogen and oxygen atoms in total. The van der Waals surface area contributed by atoms with Gasteiger partial charge in [-0.3, -0.25) is 9.59 Å². The van der Waals surface area contributed by atoms with Gasteiger partial charge in [0.15, 0.2) is 0 Å². The minimum atomic E-state index is -1.17. The molecule has 0 bridgehead atoms. The zero-order chi connectivity index (χ0) is 23.2. The van der Waals surface area contributed by atoms with Gasteiger partial charge in [0.2, 0.25) is 0 Å². The summed E-state index contributed by atoms with van der Waals surface area (Å²) in [7, 11) is 0. The smallest absolute Gasteiger partial charge is 0.308 e. The number of fused-ring (bicyclic) bond motifs is 1. The fourth-order valence-electron chi connectivity index (χ4n) is 6.22. The molecule has 2 aliphatic rings. The molecule has 0 saturated heterocycles. The first-order valence-corrected chi connectivity index (χ1v) is 11.2. The van der Waals surface area contributed by atoms with Crippen LogP contribution >= 0.6 is 0 Å². The molecule has 1 aromatic carbocycles. The van der Waals surface area contributed by atoms with E-state index in [1.807, 2.05) is 0 Å². The Morgan fingerprint density at radius 2 is 1.71 bits per heavy atom. The van der Waals surface area contributed by atoms with Gasteiger partial charge in [0.25, 0.3) is 0 Å². The van der Waals surface area contributed by atoms with Crippen LogP contribution in [0.1, 0.15) is 72.8 Å². The van der Waals surface area contributed by atoms with Crippen LogP contribution in [0.25, 0.3) is 0 Å². The zero-order valence-corrected chi connectivity index (χ0v) is 19.5. The van der Waals surface area contributed by atoms with Gasteiger partial charge in [0.1, 0.15) is 11.5 Å². The van der Waals surface area contributed by atoms with Gasteiger partial charge in [-0.05, 0) is 80.0 Å². The number of esters is 2. The second-order valence-electron chi connectivity index (χ2n) is 10.3. The largest absolute Gasteiger partial charge is 0.427 e. The molecule has 2 fully saturated rings. The van der Waals surface area contributed by atoms with Crippen LogP contribution in [-0.4, -0.2) is 33.9 Å². The lowest BCUT2D eigenvalue weighted by Gasteiger charge is -2.64. The van der Waals surface area contributed by atoms with Gasteiger partial charge in [0, 0.05) is 19.3 Å². The Hall–Kier alpha value is -1.92. The van der Waals surface area contributed by atoms with Crippen molar-refractivity contribution in [1.82, 2.24) is 0 Å². The monoisotopic (exact) mass is 432 g/mol. The van der Waals surface area contributed by atoms with Gasteiger partial charge in [0.05, 0.1) is 11.7 Å². The number of aliphatic hydroxyl groups excluding tert-OH is 1. The van der Waals surface area contributed by atoms with Crippen LogP contribution < -0.4 is 9.47 Å². The van der Waals surface area contributed by atoms with E-state index in [0.717, 1.165) is 24.8 Å². The number of carbonyl (C=O) groups excluding carboxylic acids is 2. The molecule has 6 atom stereocenters. The molecule has 0 unspecified atom stereocenters. The van der Waals surface area contributed by atoms with E-state index in [4.69, 9.17) is 9.47 Å². The van der Waals surface area contributed by atoms with Crippen molar-refractivity contribution in [2.45, 2.75) is 85.4 Å². The average molecular weight is 433 g/mol. The van der Waals surface area contributed by atoms with Gasteiger partial charge in [-0.1, -0.05) is 20.8 Å². The van der Waals surface area contributed by atoms with E-state index in [-0.39, 0.29) is 11.3 Å². The van der Waals surface area contributed by atoms with E-state index in [1.54, 1.807) is 25.1 Å². The van der Waals surface area contributed by atoms with Crippen molar-refractivity contribution < 1.29 is 29.3 Å². The maximum absolute atomic E-state index is 11.7. The van der Waals surface area contributed by atoms with Crippen molar-refractivity contribution in [2.75, 3.05) is 0 Å². The molecule has 2 N–H and O–H groups in total. The number of hydrogen-bond donors (Lipinski definition) is 2. The molecule has 31 heavy (non-hydrogen) atoms. The Morgan fingerprint density at radius 1 is 1.06 bits per heavy atom. The SMILES string of the molecule is CC(=O)Oc1ccc(OC(C)=O)c(C[C@]2(C)[C@H](C)CC[C@]3(C)[C@@H]2CC[C@@H](O)[C@]3(C)O)c1. The van der Waals surface area contributed by atoms with E-state index in [0.29, 0.717) is 30.3 Å². The number of benzene rings is 1. The van der Waals surface area contributed by atoms with E-state index in [2.05, 4.69) is 20.8 Å². The fourth-order valence-corrected chi connectivity index (χ4v) is 6.22. The summed E-state index contributed by atoms with van der Waals surface area (Å²) >= 11 is 0. The summed E-state index contributed by atoms with van der Waals surface area (Å²) in [4.78, 5) is 23.2. The maximum atomic E-state index is 11.7. The van der Waals surface area contributed by atoms with Crippen molar-refractivity contribution in [3.05, 3.63) is 23.8 Å². The molecule has 1 aromatic rings. The molecule has 0 heterocycles. The van der Waals surface area contributed by atoms with Crippen LogP contribution in [-0.2, 0) is 16.0 Å². The lowest BCUT2D eigenvalue weighted by atomic mass is 9.43. The van der Waals surface area contributed by atoms with Crippen LogP contribution in [0, 0.1) is 22.7 Å². The first kappa shape index (κ1) is 23.7. The van der Waals surface area contributed by atoms with Gasteiger partial charge >= 0.3 is 11.9 Å². The molecular weight excluding hydrogens is 396 g/mol. The molecule has 0 aromatic heterocycles. The van der Waals surface area contributed by atoms with Crippen LogP contribution in [0.2, 0.25) is 0 Å². The molecule has 0 radical (unpaired) electrons. The molecule has 0 amide bonds. The van der Waals surface area contributed by atoms with Gasteiger partial charge in [-0.2, -0.15) is 0 Å². The third-order valence-corrected chi connectivity index (χ3v) is 8.44. The Kier molecular flexibility index (Phi) is 6.29. The minimum Gasteiger partial charge on any atom is -0.427 e. The standard InChI is InChI=1S/C25H36O6/c1-15-11-12-24(5)21(9-10-22(28)25(24,6)29)23(15,4)14-18-13-19(30-16(2)26)7-8-20(18)31-17(3)27/h7-8,13,15,21-22,28-29H,9-12,14H2,1-6H3/t15-,21-,22-,23-,24-,25+/m1/s1. The lowest BCUT2D eigenvalue weighted by Crippen LogP contribution is -2.65. The summed E-state index contributed by atoms with van der Waals surface area (Å²) in [6.07, 6.45) is 3.02. The van der Waals surface area contributed by atoms with Crippen molar-refractivity contribution >= 4 is 11.9 Å². The lowest BCUT2D eigenvalue weighted by molar-refractivity contribution is -0.234. The van der Waals surface area contributed by atoms with Crippen LogP contribution in [0.5, 0.6) is 11.5 Å². The molecule has 6 heteroatoms. The predicted molar refractivity (Wildman–Crippen MR) is 117 cm³/mol. The Balaban J connectivity index is 2.04. The zero-order valence-electron chi connectivity index (χ0n) is 19.5. The Labute approximate surface area is 184 Å². The highest BCUT2D eigenvalue weighted by atomic mass is 16.5. The van der Waals surface area contributed by atoms with Gasteiger partial charge in [-0.25, -0.2) is 0 Å². The average Bonchev–Trinajstić information content (AvgIpc) is 2.65. The van der Waals surface area contributed by atoms with Crippen LogP contribution in [0.4, 0.5) is 0 Å². The molecule has 2 aliphatic carbocycles. The van der Waals surface area contributed by atoms with Crippen LogP contribution in [0.3, 0.4) is 0 Å². The summed E-state index contributed by atoms with van der Waals surface area (Å²) in [6.45, 7) is 11.1. The van der Waals surface area contributed by atoms with Crippen LogP contribution in [0.15, 0.2) is 18.2 Å². The highest BCUT2D eigenvalue weighted by Crippen LogP contribution is 2.64. The second kappa shape index (κ2) is 8.21. The molecule has 2 saturated carbocycles. The molecule has 172 valence electrons. The van der Waals surface area contributed by atoms with E-state index in [1.165, 1.54) is 13.8 Å². The first-order valence-electron chi connectivity index (χ1n) is 11.2. The molecular formula is C25H36O6. The third kappa shape index (κ3) is 4.12. The second-order valence-corrected chi connectivity index (χ2v) is 10.3. The summed E-state index contributed by atoms with van der Waals surface area (Å²) in [5.74, 6) is 0.597. The molecule has 0 spiro atoms. The quantitative estimate of drug-likeness (QED) is 0.551. The summed E-state index contributed by atoms with van der Waals surface area (Å²) in [5.41, 5.74) is -1.00. The van der Waals surface area contributed by atoms with Gasteiger partial charge < -0.3 is 19.7 Å². The first-order chi connectivity index (χ1) is 14.3. The third-order valence-electron chi connectivity index (χ3n) is 8.44. The topological polar surface area (TPSA) is 93.1 Å². The number of hydrogen-bond acceptors (Lipinski definition) is 6. The Bertz CT molecular complexity index is 862. The normalized spacial score (nSPS) is 37.6. The van der Waals surface area contributed by atoms with Gasteiger partial charge in [-0.15, -0.1) is 0 Å². The number of aliphatic hydroxyl groups is 2. The molecule has 0 aliphatic heterocycles. The maximum Gasteiger partial charge on any atom is 0.308 e. The predicted octanol–water partition coefficient (Wildman–Crippen LogP) is 4.04. The summed E-state index contributed by atoms with van der Waals surface area (Å²) < 4.78 is 10.8. The number of carbonyl (C=O) groups is 2. The molecule has 3 rings (SSSR count). The number of ether oxygens (including phenoxy) is 2. The number of rotatable bonds is 4. The van der Waals surface area contributed by atoms with Crippen molar-refractivity contribution in [3.8, 4) is 11.5 Å².